The van der Waals surface area contributed by atoms with E-state index in [9.17, 15) is 18.4 Å². The fourth-order valence-electron chi connectivity index (χ4n) is 2.04. The number of hydrogen-bond donors (Lipinski definition) is 1. The monoisotopic (exact) mass is 321 g/mol. The van der Waals surface area contributed by atoms with E-state index in [1.54, 1.807) is 6.92 Å². The highest BCUT2D eigenvalue weighted by Gasteiger charge is 2.21. The number of pyridine rings is 1. The van der Waals surface area contributed by atoms with Crippen molar-refractivity contribution in [2.24, 2.45) is 0 Å². The van der Waals surface area contributed by atoms with E-state index in [1.165, 1.54) is 18.2 Å². The Labute approximate surface area is 130 Å². The lowest BCUT2D eigenvalue weighted by molar-refractivity contribution is -0.142. The van der Waals surface area contributed by atoms with Crippen molar-refractivity contribution in [2.75, 3.05) is 6.61 Å². The zero-order chi connectivity index (χ0) is 17.0. The molecule has 23 heavy (non-hydrogen) atoms. The predicted octanol–water partition coefficient (Wildman–Crippen LogP) is 2.83. The standard InChI is InChI=1S/C16H13F2NO4/c1-2-23-14(20)8-13-10(16(21)22)7-12(18)15(19-13)9-5-3-4-6-11(9)17/h3-7H,2,8H2,1H3,(H,21,22). The number of nitrogens with zero attached hydrogens (tertiary/aromatic N) is 1. The van der Waals surface area contributed by atoms with Crippen molar-refractivity contribution in [1.82, 2.24) is 4.98 Å². The van der Waals surface area contributed by atoms with Gasteiger partial charge in [-0.3, -0.25) is 4.79 Å². The van der Waals surface area contributed by atoms with Crippen LogP contribution in [-0.4, -0.2) is 28.6 Å². The minimum absolute atomic E-state index is 0.114. The van der Waals surface area contributed by atoms with Gasteiger partial charge < -0.3 is 9.84 Å². The topological polar surface area (TPSA) is 76.5 Å². The molecule has 5 nitrogen and oxygen atoms in total. The lowest BCUT2D eigenvalue weighted by Gasteiger charge is -2.10. The number of hydrogen-bond acceptors (Lipinski definition) is 4. The molecule has 0 saturated carbocycles. The van der Waals surface area contributed by atoms with Crippen LogP contribution in [0.2, 0.25) is 0 Å². The summed E-state index contributed by atoms with van der Waals surface area (Å²) in [4.78, 5) is 26.6. The third kappa shape index (κ3) is 3.68. The molecule has 0 saturated heterocycles. The van der Waals surface area contributed by atoms with Gasteiger partial charge in [0.05, 0.1) is 24.3 Å². The van der Waals surface area contributed by atoms with Crippen molar-refractivity contribution in [3.63, 3.8) is 0 Å². The minimum atomic E-state index is -1.43. The Bertz CT molecular complexity index is 762. The molecule has 0 aliphatic heterocycles. The highest BCUT2D eigenvalue weighted by molar-refractivity contribution is 5.91. The average molecular weight is 321 g/mol. The molecule has 1 aromatic heterocycles. The van der Waals surface area contributed by atoms with Gasteiger partial charge >= 0.3 is 11.9 Å². The normalized spacial score (nSPS) is 10.4. The first-order chi connectivity index (χ1) is 10.9. The molecule has 0 fully saturated rings. The van der Waals surface area contributed by atoms with Gasteiger partial charge in [0, 0.05) is 5.56 Å². The van der Waals surface area contributed by atoms with Crippen molar-refractivity contribution >= 4 is 11.9 Å². The van der Waals surface area contributed by atoms with Crippen molar-refractivity contribution in [3.05, 3.63) is 53.2 Å². The Morgan fingerprint density at radius 3 is 2.52 bits per heavy atom. The second kappa shape index (κ2) is 6.95. The summed E-state index contributed by atoms with van der Waals surface area (Å²) in [5.41, 5.74) is -1.12. The molecule has 2 aromatic rings. The number of halogens is 2. The van der Waals surface area contributed by atoms with Gasteiger partial charge in [0.25, 0.3) is 0 Å². The Kier molecular flexibility index (Phi) is 5.00. The molecule has 0 aliphatic rings. The summed E-state index contributed by atoms with van der Waals surface area (Å²) in [6, 6.07) is 6.10. The van der Waals surface area contributed by atoms with Crippen LogP contribution < -0.4 is 0 Å². The van der Waals surface area contributed by atoms with Crippen LogP contribution in [0.1, 0.15) is 23.0 Å². The highest BCUT2D eigenvalue weighted by Crippen LogP contribution is 2.25. The van der Waals surface area contributed by atoms with Crippen LogP contribution in [0.25, 0.3) is 11.3 Å². The van der Waals surface area contributed by atoms with E-state index in [4.69, 9.17) is 9.84 Å². The molecule has 0 radical (unpaired) electrons. The fourth-order valence-corrected chi connectivity index (χ4v) is 2.04. The van der Waals surface area contributed by atoms with E-state index in [0.29, 0.717) is 0 Å². The van der Waals surface area contributed by atoms with Crippen LogP contribution in [0.3, 0.4) is 0 Å². The van der Waals surface area contributed by atoms with Crippen LogP contribution in [0.5, 0.6) is 0 Å². The molecule has 1 aromatic carbocycles. The summed E-state index contributed by atoms with van der Waals surface area (Å²) in [6.45, 7) is 1.71. The van der Waals surface area contributed by atoms with E-state index in [1.807, 2.05) is 0 Å². The molecule has 0 amide bonds. The molecule has 0 atom stereocenters. The second-order valence-corrected chi connectivity index (χ2v) is 4.58. The van der Waals surface area contributed by atoms with Gasteiger partial charge in [-0.25, -0.2) is 18.6 Å². The van der Waals surface area contributed by atoms with E-state index < -0.39 is 35.6 Å². The maximum atomic E-state index is 14.1. The van der Waals surface area contributed by atoms with Gasteiger partial charge in [-0.1, -0.05) is 12.1 Å². The van der Waals surface area contributed by atoms with Crippen LogP contribution in [0.4, 0.5) is 8.78 Å². The number of carboxylic acids is 1. The number of carboxylic acid groups (broad SMARTS) is 1. The molecule has 0 bridgehead atoms. The Morgan fingerprint density at radius 1 is 1.22 bits per heavy atom. The lowest BCUT2D eigenvalue weighted by Crippen LogP contribution is -2.14. The maximum absolute atomic E-state index is 14.1. The Morgan fingerprint density at radius 2 is 1.91 bits per heavy atom. The average Bonchev–Trinajstić information content (AvgIpc) is 2.49. The smallest absolute Gasteiger partial charge is 0.337 e. The molecular formula is C16H13F2NO4. The fraction of sp³-hybridized carbons (Fsp3) is 0.188. The summed E-state index contributed by atoms with van der Waals surface area (Å²) in [7, 11) is 0. The van der Waals surface area contributed by atoms with Crippen LogP contribution >= 0.6 is 0 Å². The SMILES string of the molecule is CCOC(=O)Cc1nc(-c2ccccc2F)c(F)cc1C(=O)O. The molecule has 2 rings (SSSR count). The first kappa shape index (κ1) is 16.5. The number of carbonyl (C=O) groups excluding carboxylic acids is 1. The molecule has 1 N–H and O–H groups in total. The van der Waals surface area contributed by atoms with Crippen LogP contribution in [0.15, 0.2) is 30.3 Å². The van der Waals surface area contributed by atoms with Crippen molar-refractivity contribution in [3.8, 4) is 11.3 Å². The molecule has 1 heterocycles. The number of rotatable bonds is 5. The summed E-state index contributed by atoms with van der Waals surface area (Å²) < 4.78 is 32.7. The summed E-state index contributed by atoms with van der Waals surface area (Å²) in [6.07, 6.45) is -0.447. The first-order valence-corrected chi connectivity index (χ1v) is 6.77. The van der Waals surface area contributed by atoms with E-state index in [2.05, 4.69) is 4.98 Å². The van der Waals surface area contributed by atoms with Gasteiger partial charge in [-0.15, -0.1) is 0 Å². The zero-order valence-corrected chi connectivity index (χ0v) is 12.2. The minimum Gasteiger partial charge on any atom is -0.478 e. The van der Waals surface area contributed by atoms with Gasteiger partial charge in [0.2, 0.25) is 0 Å². The number of aromatic nitrogens is 1. The molecular weight excluding hydrogens is 308 g/mol. The largest absolute Gasteiger partial charge is 0.478 e. The van der Waals surface area contributed by atoms with Gasteiger partial charge in [-0.2, -0.15) is 0 Å². The van der Waals surface area contributed by atoms with E-state index in [0.717, 1.165) is 12.1 Å². The predicted molar refractivity (Wildman–Crippen MR) is 76.9 cm³/mol. The molecule has 120 valence electrons. The van der Waals surface area contributed by atoms with Crippen molar-refractivity contribution < 1.29 is 28.2 Å². The third-order valence-electron chi connectivity index (χ3n) is 3.03. The number of aromatic carboxylic acids is 1. The second-order valence-electron chi connectivity index (χ2n) is 4.58. The summed E-state index contributed by atoms with van der Waals surface area (Å²) in [5.74, 6) is -3.83. The van der Waals surface area contributed by atoms with E-state index >= 15 is 0 Å². The number of ether oxygens (including phenoxy) is 1. The molecule has 0 aliphatic carbocycles. The number of carbonyl (C=O) groups is 2. The highest BCUT2D eigenvalue weighted by atomic mass is 19.1. The van der Waals surface area contributed by atoms with Gasteiger partial charge in [0.1, 0.15) is 17.3 Å². The Balaban J connectivity index is 2.55. The molecule has 7 heteroatoms. The van der Waals surface area contributed by atoms with Gasteiger partial charge in [0.15, 0.2) is 0 Å². The zero-order valence-electron chi connectivity index (χ0n) is 12.2. The Hall–Kier alpha value is -2.83. The van der Waals surface area contributed by atoms with Gasteiger partial charge in [-0.05, 0) is 25.1 Å². The summed E-state index contributed by atoms with van der Waals surface area (Å²) >= 11 is 0. The third-order valence-corrected chi connectivity index (χ3v) is 3.03. The van der Waals surface area contributed by atoms with Crippen LogP contribution in [0, 0.1) is 11.6 Å². The van der Waals surface area contributed by atoms with E-state index in [-0.39, 0.29) is 23.6 Å². The van der Waals surface area contributed by atoms with Crippen molar-refractivity contribution in [2.45, 2.75) is 13.3 Å². The quantitative estimate of drug-likeness (QED) is 0.857. The number of benzene rings is 1. The van der Waals surface area contributed by atoms with Crippen molar-refractivity contribution in [1.29, 1.82) is 0 Å². The molecule has 0 spiro atoms. The maximum Gasteiger partial charge on any atom is 0.337 e. The summed E-state index contributed by atoms with van der Waals surface area (Å²) in [5, 5.41) is 9.12. The van der Waals surface area contributed by atoms with Crippen LogP contribution in [-0.2, 0) is 16.0 Å². The first-order valence-electron chi connectivity index (χ1n) is 6.77. The molecule has 0 unspecified atom stereocenters. The number of esters is 1. The lowest BCUT2D eigenvalue weighted by atomic mass is 10.1.